The molecule has 0 bridgehead atoms. The summed E-state index contributed by atoms with van der Waals surface area (Å²) >= 11 is 19.5. The predicted molar refractivity (Wildman–Crippen MR) is 134 cm³/mol. The van der Waals surface area contributed by atoms with E-state index in [1.165, 1.54) is 11.8 Å². The largest absolute Gasteiger partial charge is 0.352 e. The Morgan fingerprint density at radius 1 is 1.03 bits per heavy atom. The number of hydrogen-bond acceptors (Lipinski definition) is 3. The fourth-order valence-corrected chi connectivity index (χ4v) is 5.03. The second kappa shape index (κ2) is 12.2. The fraction of sp³-hybridized carbons (Fsp3) is 0.417. The monoisotopic (exact) mass is 512 g/mol. The van der Waals surface area contributed by atoms with E-state index in [0.29, 0.717) is 27.4 Å². The lowest BCUT2D eigenvalue weighted by Crippen LogP contribution is -2.50. The summed E-state index contributed by atoms with van der Waals surface area (Å²) in [6, 6.07) is 12.5. The van der Waals surface area contributed by atoms with Crippen LogP contribution in [0.15, 0.2) is 42.5 Å². The maximum Gasteiger partial charge on any atom is 0.242 e. The van der Waals surface area contributed by atoms with Gasteiger partial charge in [-0.15, -0.1) is 11.8 Å². The van der Waals surface area contributed by atoms with Gasteiger partial charge in [0.05, 0.1) is 15.8 Å². The number of benzene rings is 2. The first-order valence-corrected chi connectivity index (χ1v) is 13.0. The zero-order valence-electron chi connectivity index (χ0n) is 18.0. The molecule has 0 spiro atoms. The maximum atomic E-state index is 13.2. The Kier molecular flexibility index (Phi) is 9.60. The van der Waals surface area contributed by atoms with E-state index in [0.717, 1.165) is 36.8 Å². The Hall–Kier alpha value is -1.40. The van der Waals surface area contributed by atoms with E-state index in [4.69, 9.17) is 34.8 Å². The lowest BCUT2D eigenvalue weighted by atomic mass is 10.1. The standard InChI is InChI=1S/C24H27Cl3N2O2S/c1-16(24(31)28-20-4-2-3-5-20)29(13-17-6-9-19(25)10-7-17)23(30)15-32-14-18-8-11-21(26)22(27)12-18/h6-12,16,20H,2-5,13-15H2,1H3,(H,28,31)/t16-/m1/s1. The number of thioether (sulfide) groups is 1. The van der Waals surface area contributed by atoms with Crippen LogP contribution >= 0.6 is 46.6 Å². The average Bonchev–Trinajstić information content (AvgIpc) is 3.28. The highest BCUT2D eigenvalue weighted by Crippen LogP contribution is 2.25. The molecule has 1 saturated carbocycles. The van der Waals surface area contributed by atoms with Gasteiger partial charge in [0, 0.05) is 23.4 Å². The molecule has 0 aliphatic heterocycles. The molecular formula is C24H27Cl3N2O2S. The van der Waals surface area contributed by atoms with Gasteiger partial charge in [-0.2, -0.15) is 0 Å². The molecule has 1 N–H and O–H groups in total. The van der Waals surface area contributed by atoms with Gasteiger partial charge in [0.15, 0.2) is 0 Å². The van der Waals surface area contributed by atoms with Gasteiger partial charge < -0.3 is 10.2 Å². The number of amides is 2. The van der Waals surface area contributed by atoms with E-state index in [1.807, 2.05) is 24.3 Å². The first-order valence-electron chi connectivity index (χ1n) is 10.7. The second-order valence-corrected chi connectivity index (χ2v) is 10.3. The van der Waals surface area contributed by atoms with E-state index >= 15 is 0 Å². The molecule has 1 aliphatic rings. The number of carbonyl (C=O) groups is 2. The normalized spacial score (nSPS) is 14.9. The van der Waals surface area contributed by atoms with E-state index in [2.05, 4.69) is 5.32 Å². The highest BCUT2D eigenvalue weighted by atomic mass is 35.5. The summed E-state index contributed by atoms with van der Waals surface area (Å²) < 4.78 is 0. The average molecular weight is 514 g/mol. The van der Waals surface area contributed by atoms with Gasteiger partial charge in [0.2, 0.25) is 11.8 Å². The lowest BCUT2D eigenvalue weighted by Gasteiger charge is -2.29. The number of carbonyl (C=O) groups excluding carboxylic acids is 2. The van der Waals surface area contributed by atoms with Gasteiger partial charge >= 0.3 is 0 Å². The molecule has 0 unspecified atom stereocenters. The summed E-state index contributed by atoms with van der Waals surface area (Å²) in [7, 11) is 0. The van der Waals surface area contributed by atoms with Gasteiger partial charge in [-0.1, -0.05) is 65.8 Å². The van der Waals surface area contributed by atoms with Gasteiger partial charge in [0.1, 0.15) is 6.04 Å². The first-order chi connectivity index (χ1) is 15.3. The van der Waals surface area contributed by atoms with E-state index < -0.39 is 6.04 Å². The van der Waals surface area contributed by atoms with Gasteiger partial charge in [-0.25, -0.2) is 0 Å². The van der Waals surface area contributed by atoms with Gasteiger partial charge in [-0.3, -0.25) is 9.59 Å². The molecule has 2 aromatic carbocycles. The number of hydrogen-bond donors (Lipinski definition) is 1. The third-order valence-electron chi connectivity index (χ3n) is 5.61. The Balaban J connectivity index is 1.65. The highest BCUT2D eigenvalue weighted by molar-refractivity contribution is 7.99. The van der Waals surface area contributed by atoms with Crippen LogP contribution in [0.1, 0.15) is 43.7 Å². The molecule has 172 valence electrons. The third kappa shape index (κ3) is 7.31. The van der Waals surface area contributed by atoms with Crippen molar-refractivity contribution in [3.63, 3.8) is 0 Å². The van der Waals surface area contributed by atoms with Crippen molar-refractivity contribution in [3.05, 3.63) is 68.7 Å². The highest BCUT2D eigenvalue weighted by Gasteiger charge is 2.28. The van der Waals surface area contributed by atoms with Crippen molar-refractivity contribution >= 4 is 58.4 Å². The molecule has 0 heterocycles. The van der Waals surface area contributed by atoms with Crippen molar-refractivity contribution in [1.29, 1.82) is 0 Å². The summed E-state index contributed by atoms with van der Waals surface area (Å²) in [6.45, 7) is 2.14. The quantitative estimate of drug-likeness (QED) is 0.425. The summed E-state index contributed by atoms with van der Waals surface area (Å²) in [4.78, 5) is 27.7. The third-order valence-corrected chi connectivity index (χ3v) is 7.59. The molecule has 0 saturated heterocycles. The minimum atomic E-state index is -0.565. The number of rotatable bonds is 9. The molecule has 0 radical (unpaired) electrons. The molecule has 1 fully saturated rings. The van der Waals surface area contributed by atoms with Crippen molar-refractivity contribution in [2.75, 3.05) is 5.75 Å². The predicted octanol–water partition coefficient (Wildman–Crippen LogP) is 6.36. The van der Waals surface area contributed by atoms with Crippen LogP contribution in [0.2, 0.25) is 15.1 Å². The molecule has 8 heteroatoms. The lowest BCUT2D eigenvalue weighted by molar-refractivity contribution is -0.138. The molecular weight excluding hydrogens is 487 g/mol. The molecule has 1 aliphatic carbocycles. The second-order valence-electron chi connectivity index (χ2n) is 8.06. The number of nitrogens with zero attached hydrogens (tertiary/aromatic N) is 1. The van der Waals surface area contributed by atoms with Crippen LogP contribution in [0.3, 0.4) is 0 Å². The summed E-state index contributed by atoms with van der Waals surface area (Å²) in [6.07, 6.45) is 4.28. The molecule has 4 nitrogen and oxygen atoms in total. The first kappa shape index (κ1) is 25.2. The molecule has 0 aromatic heterocycles. The topological polar surface area (TPSA) is 49.4 Å². The Labute approximate surface area is 209 Å². The minimum absolute atomic E-state index is 0.0842. The SMILES string of the molecule is C[C@H](C(=O)NC1CCCC1)N(Cc1ccc(Cl)cc1)C(=O)CSCc1ccc(Cl)c(Cl)c1. The van der Waals surface area contributed by atoms with Crippen LogP contribution in [-0.4, -0.2) is 34.6 Å². The van der Waals surface area contributed by atoms with Gasteiger partial charge in [0.25, 0.3) is 0 Å². The Bertz CT molecular complexity index is 933. The van der Waals surface area contributed by atoms with Crippen molar-refractivity contribution < 1.29 is 9.59 Å². The van der Waals surface area contributed by atoms with Crippen LogP contribution in [0.25, 0.3) is 0 Å². The van der Waals surface area contributed by atoms with Crippen LogP contribution in [-0.2, 0) is 21.9 Å². The fourth-order valence-electron chi connectivity index (χ4n) is 3.73. The molecule has 3 rings (SSSR count). The Morgan fingerprint density at radius 3 is 2.34 bits per heavy atom. The zero-order chi connectivity index (χ0) is 23.1. The van der Waals surface area contributed by atoms with Crippen molar-refractivity contribution in [3.8, 4) is 0 Å². The van der Waals surface area contributed by atoms with Crippen LogP contribution in [0, 0.1) is 0 Å². The molecule has 32 heavy (non-hydrogen) atoms. The summed E-state index contributed by atoms with van der Waals surface area (Å²) in [5.74, 6) is 0.697. The van der Waals surface area contributed by atoms with Crippen molar-refractivity contribution in [2.24, 2.45) is 0 Å². The van der Waals surface area contributed by atoms with E-state index in [9.17, 15) is 9.59 Å². The minimum Gasteiger partial charge on any atom is -0.352 e. The van der Waals surface area contributed by atoms with E-state index in [1.54, 1.807) is 30.0 Å². The van der Waals surface area contributed by atoms with Crippen molar-refractivity contribution in [2.45, 2.75) is 57.0 Å². The molecule has 2 aromatic rings. The van der Waals surface area contributed by atoms with E-state index in [-0.39, 0.29) is 23.6 Å². The smallest absolute Gasteiger partial charge is 0.242 e. The summed E-state index contributed by atoms with van der Waals surface area (Å²) in [5.41, 5.74) is 1.92. The van der Waals surface area contributed by atoms with Gasteiger partial charge in [-0.05, 0) is 55.2 Å². The summed E-state index contributed by atoms with van der Waals surface area (Å²) in [5, 5.41) is 4.75. The maximum absolute atomic E-state index is 13.2. The Morgan fingerprint density at radius 2 is 1.69 bits per heavy atom. The van der Waals surface area contributed by atoms with Crippen molar-refractivity contribution in [1.82, 2.24) is 10.2 Å². The molecule has 2 amide bonds. The number of halogens is 3. The van der Waals surface area contributed by atoms with Crippen LogP contribution in [0.4, 0.5) is 0 Å². The molecule has 1 atom stereocenters. The zero-order valence-corrected chi connectivity index (χ0v) is 21.0. The van der Waals surface area contributed by atoms with Crippen LogP contribution in [0.5, 0.6) is 0 Å². The van der Waals surface area contributed by atoms with Crippen LogP contribution < -0.4 is 5.32 Å². The number of nitrogens with one attached hydrogen (secondary N) is 1.